The van der Waals surface area contributed by atoms with Crippen molar-refractivity contribution in [2.24, 2.45) is 28.8 Å². The van der Waals surface area contributed by atoms with Crippen LogP contribution in [0.1, 0.15) is 89.5 Å². The van der Waals surface area contributed by atoms with Crippen LogP contribution in [0.2, 0.25) is 0 Å². The predicted molar refractivity (Wildman–Crippen MR) is 275 cm³/mol. The third kappa shape index (κ3) is 16.2. The van der Waals surface area contributed by atoms with Crippen molar-refractivity contribution in [2.75, 3.05) is 38.4 Å². The summed E-state index contributed by atoms with van der Waals surface area (Å²) in [5.74, 6) is 1.53. The molecule has 0 unspecified atom stereocenters. The maximum absolute atomic E-state index is 13.2. The van der Waals surface area contributed by atoms with Gasteiger partial charge in [0.15, 0.2) is 0 Å². The van der Waals surface area contributed by atoms with Crippen LogP contribution in [-0.2, 0) is 28.7 Å². The maximum Gasteiger partial charge on any atom is 0.333 e. The van der Waals surface area contributed by atoms with E-state index in [1.807, 2.05) is 47.6 Å². The molecule has 2 aliphatic rings. The number of thiazole rings is 1. The number of esters is 4. The van der Waals surface area contributed by atoms with E-state index >= 15 is 0 Å². The second-order valence-corrected chi connectivity index (χ2v) is 18.8. The molecule has 15 nitrogen and oxygen atoms in total. The number of para-hydroxylation sites is 1. The second-order valence-electron chi connectivity index (χ2n) is 17.8. The van der Waals surface area contributed by atoms with Crippen LogP contribution >= 0.6 is 11.3 Å². The summed E-state index contributed by atoms with van der Waals surface area (Å²) in [6, 6.07) is 27.1. The molecule has 7 rings (SSSR count). The average molecular weight is 1000 g/mol. The Labute approximate surface area is 424 Å². The Balaban J connectivity index is 0.943. The molecule has 0 aliphatic heterocycles. The lowest BCUT2D eigenvalue weighted by molar-refractivity contribution is -0.145. The van der Waals surface area contributed by atoms with E-state index in [2.05, 4.69) is 26.1 Å². The standard InChI is InChI=1S/C56H63N3O12S/c1-4-7-8-11-32-59(56-58-49-12-9-10-13-51(49)72-56)57-34-43-33-48(64-35-39-14-18-41(19-15-39)54(62)70-46-26-22-44(23-27-46)66-37-68-52(60)5-2)30-31-50(43)65-36-40-16-20-42(21-17-40)55(63)71-47-28-24-45(25-29-47)67-38-69-53(61)6-3/h5-6,9-10,12-13,22-31,33-34,39-42H,2-4,7-8,11,14-21,32,35-38H2,1H3/b57-34+. The Morgan fingerprint density at radius 2 is 1.17 bits per heavy atom. The molecule has 2 aliphatic carbocycles. The Bertz CT molecular complexity index is 2570. The van der Waals surface area contributed by atoms with Gasteiger partial charge in [0.05, 0.1) is 41.5 Å². The summed E-state index contributed by atoms with van der Waals surface area (Å²) in [5.41, 5.74) is 1.72. The minimum absolute atomic E-state index is 0.215. The molecule has 5 aromatic rings. The molecule has 0 spiro atoms. The number of hydrogen-bond acceptors (Lipinski definition) is 16. The van der Waals surface area contributed by atoms with E-state index in [1.165, 1.54) is 0 Å². The molecule has 72 heavy (non-hydrogen) atoms. The van der Waals surface area contributed by atoms with Crippen molar-refractivity contribution < 1.29 is 57.1 Å². The number of unbranched alkanes of at least 4 members (excludes halogenated alkanes) is 3. The highest BCUT2D eigenvalue weighted by Crippen LogP contribution is 2.35. The van der Waals surface area contributed by atoms with Gasteiger partial charge in [0.25, 0.3) is 0 Å². The summed E-state index contributed by atoms with van der Waals surface area (Å²) >= 11 is 1.62. The fourth-order valence-corrected chi connectivity index (χ4v) is 9.38. The van der Waals surface area contributed by atoms with Crippen LogP contribution in [0, 0.1) is 23.7 Å². The topological polar surface area (TPSA) is 171 Å². The molecule has 0 radical (unpaired) electrons. The number of carbonyl (C=O) groups excluding carboxylic acids is 4. The highest BCUT2D eigenvalue weighted by molar-refractivity contribution is 7.22. The average Bonchev–Trinajstić information content (AvgIpc) is 3.85. The van der Waals surface area contributed by atoms with E-state index in [1.54, 1.807) is 59.9 Å². The summed E-state index contributed by atoms with van der Waals surface area (Å²) in [6.45, 7) is 10.1. The number of carbonyl (C=O) groups is 4. The predicted octanol–water partition coefficient (Wildman–Crippen LogP) is 11.4. The van der Waals surface area contributed by atoms with E-state index in [0.717, 1.165) is 91.0 Å². The number of fused-ring (bicyclic) bond motifs is 1. The van der Waals surface area contributed by atoms with Crippen LogP contribution < -0.4 is 33.4 Å². The highest BCUT2D eigenvalue weighted by atomic mass is 32.1. The molecule has 0 saturated heterocycles. The van der Waals surface area contributed by atoms with Crippen molar-refractivity contribution in [1.29, 1.82) is 0 Å². The smallest absolute Gasteiger partial charge is 0.333 e. The second kappa shape index (κ2) is 27.4. The minimum atomic E-state index is -0.581. The number of benzene rings is 4. The molecular formula is C56H63N3O12S. The summed E-state index contributed by atoms with van der Waals surface area (Å²) in [4.78, 5) is 53.7. The van der Waals surface area contributed by atoms with Gasteiger partial charge >= 0.3 is 23.9 Å². The van der Waals surface area contributed by atoms with E-state index in [4.69, 9.17) is 48.0 Å². The van der Waals surface area contributed by atoms with Gasteiger partial charge in [0.2, 0.25) is 18.7 Å². The Kier molecular flexibility index (Phi) is 20.0. The molecule has 2 saturated carbocycles. The first-order chi connectivity index (χ1) is 35.2. The molecule has 0 N–H and O–H groups in total. The van der Waals surface area contributed by atoms with Crippen molar-refractivity contribution >= 4 is 56.8 Å². The molecule has 2 fully saturated rings. The van der Waals surface area contributed by atoms with Crippen molar-refractivity contribution in [2.45, 2.75) is 84.0 Å². The van der Waals surface area contributed by atoms with Crippen LogP contribution in [0.4, 0.5) is 5.13 Å². The zero-order valence-electron chi connectivity index (χ0n) is 40.8. The third-order valence-electron chi connectivity index (χ3n) is 12.6. The lowest BCUT2D eigenvalue weighted by Crippen LogP contribution is -2.28. The number of rotatable bonds is 26. The lowest BCUT2D eigenvalue weighted by Gasteiger charge is -2.28. The van der Waals surface area contributed by atoms with E-state index in [9.17, 15) is 19.2 Å². The van der Waals surface area contributed by atoms with Crippen molar-refractivity contribution in [3.8, 4) is 34.5 Å². The fourth-order valence-electron chi connectivity index (χ4n) is 8.43. The Morgan fingerprint density at radius 1 is 0.639 bits per heavy atom. The maximum atomic E-state index is 13.2. The van der Waals surface area contributed by atoms with Crippen LogP contribution in [-0.4, -0.2) is 68.4 Å². The number of hydrazone groups is 1. The van der Waals surface area contributed by atoms with Crippen LogP contribution in [0.5, 0.6) is 34.5 Å². The first-order valence-corrected chi connectivity index (χ1v) is 25.5. The number of hydrogen-bond donors (Lipinski definition) is 0. The molecule has 0 amide bonds. The molecule has 4 aromatic carbocycles. The zero-order valence-corrected chi connectivity index (χ0v) is 41.6. The summed E-state index contributed by atoms with van der Waals surface area (Å²) in [7, 11) is 0. The van der Waals surface area contributed by atoms with Crippen molar-refractivity contribution in [1.82, 2.24) is 4.98 Å². The number of nitrogens with zero attached hydrogens (tertiary/aromatic N) is 3. The summed E-state index contributed by atoms with van der Waals surface area (Å²) < 4.78 is 46.0. The molecule has 1 heterocycles. The summed E-state index contributed by atoms with van der Waals surface area (Å²) in [5, 5.41) is 7.87. The molecule has 1 aromatic heterocycles. The molecule has 0 atom stereocenters. The van der Waals surface area contributed by atoms with E-state index in [-0.39, 0.29) is 49.2 Å². The van der Waals surface area contributed by atoms with Gasteiger partial charge < -0.3 is 37.9 Å². The van der Waals surface area contributed by atoms with Gasteiger partial charge in [-0.25, -0.2) is 19.6 Å². The van der Waals surface area contributed by atoms with Gasteiger partial charge in [-0.1, -0.05) is 62.8 Å². The minimum Gasteiger partial charge on any atom is -0.493 e. The van der Waals surface area contributed by atoms with Gasteiger partial charge in [-0.05, 0) is 148 Å². The normalized spacial score (nSPS) is 17.6. The first-order valence-electron chi connectivity index (χ1n) is 24.7. The van der Waals surface area contributed by atoms with Gasteiger partial charge in [-0.3, -0.25) is 9.59 Å². The van der Waals surface area contributed by atoms with Crippen LogP contribution in [0.15, 0.2) is 121 Å². The van der Waals surface area contributed by atoms with Crippen LogP contribution in [0.25, 0.3) is 10.2 Å². The Morgan fingerprint density at radius 3 is 1.71 bits per heavy atom. The third-order valence-corrected chi connectivity index (χ3v) is 13.7. The molecule has 16 heteroatoms. The Hall–Kier alpha value is -7.20. The van der Waals surface area contributed by atoms with Gasteiger partial charge in [0.1, 0.15) is 34.5 Å². The van der Waals surface area contributed by atoms with E-state index < -0.39 is 11.9 Å². The lowest BCUT2D eigenvalue weighted by atomic mass is 9.82. The zero-order chi connectivity index (χ0) is 50.5. The monoisotopic (exact) mass is 1000 g/mol. The highest BCUT2D eigenvalue weighted by Gasteiger charge is 2.30. The van der Waals surface area contributed by atoms with Crippen molar-refractivity contribution in [3.63, 3.8) is 0 Å². The molecular weight excluding hydrogens is 939 g/mol. The first kappa shape index (κ1) is 52.6. The van der Waals surface area contributed by atoms with Crippen molar-refractivity contribution in [3.05, 3.63) is 122 Å². The quantitative estimate of drug-likeness (QED) is 0.00974. The van der Waals surface area contributed by atoms with Gasteiger partial charge in [-0.2, -0.15) is 5.10 Å². The van der Waals surface area contributed by atoms with Gasteiger partial charge in [0, 0.05) is 24.3 Å². The number of aromatic nitrogens is 1. The van der Waals surface area contributed by atoms with Gasteiger partial charge in [-0.15, -0.1) is 0 Å². The molecule has 0 bridgehead atoms. The number of anilines is 1. The largest absolute Gasteiger partial charge is 0.493 e. The number of ether oxygens (including phenoxy) is 8. The fraction of sp³-hybridized carbons (Fsp3) is 0.393. The van der Waals surface area contributed by atoms with E-state index in [0.29, 0.717) is 73.4 Å². The molecule has 380 valence electrons. The van der Waals surface area contributed by atoms with Crippen LogP contribution in [0.3, 0.4) is 0 Å². The SMILES string of the molecule is C=CC(=O)OCOc1ccc(OC(=O)C2CCC(COc3ccc(OCC4CCC(C(=O)Oc5ccc(OCOC(=O)C=C)cc5)CC4)c(/C=N/N(CCCCCC)c4nc5ccccc5s4)c3)CC2)cc1. The summed E-state index contributed by atoms with van der Waals surface area (Å²) in [6.07, 6.45) is 14.3.